The van der Waals surface area contributed by atoms with E-state index in [0.29, 0.717) is 25.5 Å². The first kappa shape index (κ1) is 25.2. The predicted octanol–water partition coefficient (Wildman–Crippen LogP) is 1.97. The highest BCUT2D eigenvalue weighted by Crippen LogP contribution is 2.31. The molecule has 186 valence electrons. The largest absolute Gasteiger partial charge is 0.423 e. The molecular formula is C18H19F6N7O3. The first-order chi connectivity index (χ1) is 15.9. The predicted molar refractivity (Wildman–Crippen MR) is 104 cm³/mol. The van der Waals surface area contributed by atoms with E-state index in [1.54, 1.807) is 10.00 Å². The van der Waals surface area contributed by atoms with Crippen LogP contribution in [0.25, 0.3) is 0 Å². The van der Waals surface area contributed by atoms with Gasteiger partial charge in [0, 0.05) is 44.4 Å². The summed E-state index contributed by atoms with van der Waals surface area (Å²) >= 11 is 0. The third-order valence-corrected chi connectivity index (χ3v) is 4.74. The molecule has 3 heterocycles. The third-order valence-electron chi connectivity index (χ3n) is 4.74. The van der Waals surface area contributed by atoms with Gasteiger partial charge < -0.3 is 10.2 Å². The zero-order chi connectivity index (χ0) is 24.9. The highest BCUT2D eigenvalue weighted by atomic mass is 19.4. The molecule has 0 aromatic carbocycles. The Morgan fingerprint density at radius 1 is 1.12 bits per heavy atom. The smallest absolute Gasteiger partial charge is 0.383 e. The van der Waals surface area contributed by atoms with Crippen LogP contribution in [0.3, 0.4) is 0 Å². The molecule has 3 rings (SSSR count). The first-order valence-corrected chi connectivity index (χ1v) is 9.88. The molecule has 1 aliphatic rings. The van der Waals surface area contributed by atoms with E-state index in [1.165, 1.54) is 0 Å². The quantitative estimate of drug-likeness (QED) is 0.274. The van der Waals surface area contributed by atoms with Gasteiger partial charge in [0.2, 0.25) is 11.9 Å². The maximum Gasteiger partial charge on any atom is 0.423 e. The number of hydrogen-bond donors (Lipinski definition) is 3. The molecule has 10 nitrogen and oxygen atoms in total. The Kier molecular flexibility index (Phi) is 7.58. The standard InChI is InChI=1S/C18H19F6N7O3/c19-17(20,21)11-5-26-16(27-6-11)31-8-10(9-31)4-13(32)30-34-3-1-2-25-12-7-28-29-15(33)14(12)18(22,23)24/h5-7,10H,1-4,8-9H2,(H,30,32)(H2,25,29,33). The van der Waals surface area contributed by atoms with E-state index in [1.807, 2.05) is 0 Å². The molecule has 3 N–H and O–H groups in total. The minimum Gasteiger partial charge on any atom is -0.383 e. The Bertz CT molecular complexity index is 1040. The summed E-state index contributed by atoms with van der Waals surface area (Å²) in [4.78, 5) is 37.2. The molecular weight excluding hydrogens is 476 g/mol. The van der Waals surface area contributed by atoms with Crippen LogP contribution in [0.4, 0.5) is 38.0 Å². The lowest BCUT2D eigenvalue weighted by Gasteiger charge is -2.38. The molecule has 16 heteroatoms. The molecule has 0 spiro atoms. The highest BCUT2D eigenvalue weighted by Gasteiger charge is 2.37. The molecule has 1 amide bonds. The fourth-order valence-electron chi connectivity index (χ4n) is 3.11. The molecule has 0 unspecified atom stereocenters. The molecule has 0 atom stereocenters. The summed E-state index contributed by atoms with van der Waals surface area (Å²) in [6.45, 7) is 0.782. The van der Waals surface area contributed by atoms with E-state index in [4.69, 9.17) is 4.84 Å². The van der Waals surface area contributed by atoms with Crippen molar-refractivity contribution in [2.75, 3.05) is 36.5 Å². The number of carbonyl (C=O) groups excluding carboxylic acids is 1. The summed E-state index contributed by atoms with van der Waals surface area (Å²) in [7, 11) is 0. The van der Waals surface area contributed by atoms with Crippen LogP contribution < -0.4 is 21.3 Å². The number of amides is 1. The van der Waals surface area contributed by atoms with Gasteiger partial charge in [-0.2, -0.15) is 31.4 Å². The average molecular weight is 495 g/mol. The second kappa shape index (κ2) is 10.2. The number of H-pyrrole nitrogens is 1. The van der Waals surface area contributed by atoms with Gasteiger partial charge in [-0.15, -0.1) is 0 Å². The fourth-order valence-corrected chi connectivity index (χ4v) is 3.11. The Morgan fingerprint density at radius 2 is 1.79 bits per heavy atom. The monoisotopic (exact) mass is 495 g/mol. The summed E-state index contributed by atoms with van der Waals surface area (Å²) in [6.07, 6.45) is -6.81. The van der Waals surface area contributed by atoms with Gasteiger partial charge in [0.25, 0.3) is 5.56 Å². The number of nitrogens with zero attached hydrogens (tertiary/aromatic N) is 4. The van der Waals surface area contributed by atoms with E-state index in [2.05, 4.69) is 25.9 Å². The van der Waals surface area contributed by atoms with E-state index in [0.717, 1.165) is 6.20 Å². The molecule has 34 heavy (non-hydrogen) atoms. The van der Waals surface area contributed by atoms with Gasteiger partial charge in [-0.3, -0.25) is 14.4 Å². The first-order valence-electron chi connectivity index (χ1n) is 9.88. The number of alkyl halides is 6. The number of halogens is 6. The minimum atomic E-state index is -4.85. The van der Waals surface area contributed by atoms with Crippen LogP contribution in [0.15, 0.2) is 23.4 Å². The molecule has 1 aliphatic heterocycles. The SMILES string of the molecule is O=C(CC1CN(c2ncc(C(F)(F)F)cn2)C1)NOCCCNc1cn[nH]c(=O)c1C(F)(F)F. The van der Waals surface area contributed by atoms with Crippen molar-refractivity contribution in [3.05, 3.63) is 40.1 Å². The maximum absolute atomic E-state index is 12.9. The third kappa shape index (κ3) is 6.55. The number of rotatable bonds is 9. The van der Waals surface area contributed by atoms with Crippen LogP contribution in [-0.4, -0.2) is 52.3 Å². The van der Waals surface area contributed by atoms with Gasteiger partial charge in [-0.05, 0) is 6.42 Å². The fraction of sp³-hybridized carbons (Fsp3) is 0.500. The Hall–Kier alpha value is -3.43. The lowest BCUT2D eigenvalue weighted by molar-refractivity contribution is -0.139. The average Bonchev–Trinajstić information content (AvgIpc) is 2.71. The van der Waals surface area contributed by atoms with Gasteiger partial charge >= 0.3 is 12.4 Å². The second-order valence-electron chi connectivity index (χ2n) is 7.38. The van der Waals surface area contributed by atoms with Crippen molar-refractivity contribution >= 4 is 17.5 Å². The number of hydroxylamine groups is 1. The molecule has 0 saturated carbocycles. The Labute approximate surface area is 187 Å². The van der Waals surface area contributed by atoms with Crippen molar-refractivity contribution in [2.24, 2.45) is 5.92 Å². The van der Waals surface area contributed by atoms with Gasteiger partial charge in [0.05, 0.1) is 24.1 Å². The maximum atomic E-state index is 12.9. The topological polar surface area (TPSA) is 125 Å². The summed E-state index contributed by atoms with van der Waals surface area (Å²) in [5.41, 5.74) is -1.94. The van der Waals surface area contributed by atoms with Gasteiger partial charge in [0.15, 0.2) is 0 Å². The molecule has 0 radical (unpaired) electrons. The molecule has 0 bridgehead atoms. The molecule has 2 aromatic heterocycles. The van der Waals surface area contributed by atoms with Gasteiger partial charge in [-0.25, -0.2) is 20.5 Å². The van der Waals surface area contributed by atoms with E-state index in [-0.39, 0.29) is 37.9 Å². The summed E-state index contributed by atoms with van der Waals surface area (Å²) in [6, 6.07) is 0. The second-order valence-corrected chi connectivity index (χ2v) is 7.38. The molecule has 0 aliphatic carbocycles. The summed E-state index contributed by atoms with van der Waals surface area (Å²) in [5.74, 6) is -0.359. The van der Waals surface area contributed by atoms with Crippen molar-refractivity contribution in [3.63, 3.8) is 0 Å². The van der Waals surface area contributed by atoms with Crippen LogP contribution >= 0.6 is 0 Å². The van der Waals surface area contributed by atoms with Crippen molar-refractivity contribution < 1.29 is 36.0 Å². The van der Waals surface area contributed by atoms with Crippen molar-refractivity contribution in [1.82, 2.24) is 25.6 Å². The van der Waals surface area contributed by atoms with Crippen molar-refractivity contribution in [1.29, 1.82) is 0 Å². The summed E-state index contributed by atoms with van der Waals surface area (Å²) < 4.78 is 76.4. The summed E-state index contributed by atoms with van der Waals surface area (Å²) in [5, 5.41) is 7.51. The number of aromatic nitrogens is 4. The molecule has 1 fully saturated rings. The number of nitrogens with one attached hydrogen (secondary N) is 3. The highest BCUT2D eigenvalue weighted by molar-refractivity contribution is 5.75. The van der Waals surface area contributed by atoms with Gasteiger partial charge in [-0.1, -0.05) is 0 Å². The normalized spacial score (nSPS) is 14.6. The van der Waals surface area contributed by atoms with Crippen molar-refractivity contribution in [2.45, 2.75) is 25.2 Å². The van der Waals surface area contributed by atoms with Gasteiger partial charge in [0.1, 0.15) is 5.56 Å². The van der Waals surface area contributed by atoms with E-state index in [9.17, 15) is 35.9 Å². The lowest BCUT2D eigenvalue weighted by atomic mass is 9.96. The molecule has 2 aromatic rings. The lowest BCUT2D eigenvalue weighted by Crippen LogP contribution is -2.49. The Balaban J connectivity index is 1.31. The van der Waals surface area contributed by atoms with Crippen LogP contribution in [0.1, 0.15) is 24.0 Å². The number of hydrogen-bond acceptors (Lipinski definition) is 8. The van der Waals surface area contributed by atoms with E-state index < -0.39 is 40.6 Å². The van der Waals surface area contributed by atoms with Crippen LogP contribution in [0, 0.1) is 5.92 Å². The minimum absolute atomic E-state index is 0.00705. The van der Waals surface area contributed by atoms with Crippen molar-refractivity contribution in [3.8, 4) is 0 Å². The zero-order valence-corrected chi connectivity index (χ0v) is 17.3. The number of aromatic amines is 1. The van der Waals surface area contributed by atoms with E-state index >= 15 is 0 Å². The van der Waals surface area contributed by atoms with Crippen LogP contribution in [0.2, 0.25) is 0 Å². The Morgan fingerprint density at radius 3 is 2.41 bits per heavy atom. The van der Waals surface area contributed by atoms with Crippen LogP contribution in [0.5, 0.6) is 0 Å². The zero-order valence-electron chi connectivity index (χ0n) is 17.3. The number of anilines is 2. The van der Waals surface area contributed by atoms with Crippen LogP contribution in [-0.2, 0) is 22.0 Å². The number of carbonyl (C=O) groups is 1. The molecule has 1 saturated heterocycles.